The number of benzene rings is 1. The maximum Gasteiger partial charge on any atom is 0.257 e. The van der Waals surface area contributed by atoms with Crippen LogP contribution in [0.15, 0.2) is 28.8 Å². The van der Waals surface area contributed by atoms with Crippen LogP contribution in [0.4, 0.5) is 5.69 Å². The first-order chi connectivity index (χ1) is 10.9. The number of ether oxygens (including phenoxy) is 2. The molecule has 0 saturated carbocycles. The number of nitrogens with zero attached hydrogens (tertiary/aromatic N) is 3. The van der Waals surface area contributed by atoms with Crippen LogP contribution in [-0.4, -0.2) is 49.7 Å². The Balaban J connectivity index is 1.50. The minimum absolute atomic E-state index is 0.269. The number of rotatable bonds is 3. The molecule has 0 radical (unpaired) electrons. The molecule has 0 spiro atoms. The van der Waals surface area contributed by atoms with Crippen molar-refractivity contribution in [2.45, 2.75) is 12.3 Å². The van der Waals surface area contributed by atoms with Crippen LogP contribution in [0.5, 0.6) is 0 Å². The molecule has 0 N–H and O–H groups in total. The van der Waals surface area contributed by atoms with Gasteiger partial charge in [-0.15, -0.1) is 0 Å². The van der Waals surface area contributed by atoms with E-state index in [9.17, 15) is 0 Å². The highest BCUT2D eigenvalue weighted by atomic mass is 16.5. The predicted octanol–water partition coefficient (Wildman–Crippen LogP) is 2.08. The second kappa shape index (κ2) is 6.06. The van der Waals surface area contributed by atoms with Crippen molar-refractivity contribution in [1.82, 2.24) is 10.1 Å². The molecule has 0 amide bonds. The van der Waals surface area contributed by atoms with Crippen LogP contribution < -0.4 is 4.90 Å². The molecular weight excluding hydrogens is 282 g/mol. The first-order valence-corrected chi connectivity index (χ1v) is 7.74. The smallest absolute Gasteiger partial charge is 0.257 e. The summed E-state index contributed by atoms with van der Waals surface area (Å²) in [6, 6.07) is 8.27. The molecule has 2 saturated heterocycles. The highest BCUT2D eigenvalue weighted by Gasteiger charge is 2.23. The van der Waals surface area contributed by atoms with E-state index in [4.69, 9.17) is 14.0 Å². The second-order valence-electron chi connectivity index (χ2n) is 5.66. The molecule has 22 heavy (non-hydrogen) atoms. The van der Waals surface area contributed by atoms with Crippen LogP contribution in [0.3, 0.4) is 0 Å². The average Bonchev–Trinajstić information content (AvgIpc) is 3.27. The minimum atomic E-state index is 0.269. The normalized spacial score (nSPS) is 22.2. The van der Waals surface area contributed by atoms with Crippen molar-refractivity contribution in [3.05, 3.63) is 30.1 Å². The van der Waals surface area contributed by atoms with Gasteiger partial charge in [-0.25, -0.2) is 0 Å². The summed E-state index contributed by atoms with van der Waals surface area (Å²) >= 11 is 0. The summed E-state index contributed by atoms with van der Waals surface area (Å²) in [6.07, 6.45) is 0.967. The molecule has 3 heterocycles. The molecular formula is C16H19N3O3. The second-order valence-corrected chi connectivity index (χ2v) is 5.66. The van der Waals surface area contributed by atoms with Crippen molar-refractivity contribution in [2.24, 2.45) is 0 Å². The van der Waals surface area contributed by atoms with Crippen LogP contribution in [0.2, 0.25) is 0 Å². The van der Waals surface area contributed by atoms with E-state index in [1.165, 1.54) is 5.69 Å². The minimum Gasteiger partial charge on any atom is -0.381 e. The molecule has 1 atom stereocenters. The van der Waals surface area contributed by atoms with Crippen LogP contribution in [0.25, 0.3) is 11.5 Å². The van der Waals surface area contributed by atoms with Gasteiger partial charge in [0.2, 0.25) is 0 Å². The molecule has 4 rings (SSSR count). The van der Waals surface area contributed by atoms with Crippen molar-refractivity contribution in [3.63, 3.8) is 0 Å². The molecule has 0 bridgehead atoms. The first-order valence-electron chi connectivity index (χ1n) is 7.74. The molecule has 0 aliphatic carbocycles. The number of anilines is 1. The van der Waals surface area contributed by atoms with E-state index in [0.717, 1.165) is 50.7 Å². The van der Waals surface area contributed by atoms with Crippen molar-refractivity contribution in [2.75, 3.05) is 44.4 Å². The maximum atomic E-state index is 5.40. The van der Waals surface area contributed by atoms with Gasteiger partial charge in [0.15, 0.2) is 5.82 Å². The number of morpholine rings is 1. The summed E-state index contributed by atoms with van der Waals surface area (Å²) in [5, 5.41) is 4.09. The topological polar surface area (TPSA) is 60.6 Å². The third kappa shape index (κ3) is 2.71. The summed E-state index contributed by atoms with van der Waals surface area (Å²) in [5.41, 5.74) is 2.16. The number of aromatic nitrogens is 2. The highest BCUT2D eigenvalue weighted by Crippen LogP contribution is 2.27. The lowest BCUT2D eigenvalue weighted by Gasteiger charge is -2.28. The van der Waals surface area contributed by atoms with Crippen LogP contribution in [0, 0.1) is 0 Å². The number of hydrogen-bond donors (Lipinski definition) is 0. The summed E-state index contributed by atoms with van der Waals surface area (Å²) in [7, 11) is 0. The molecule has 2 aliphatic heterocycles. The van der Waals surface area contributed by atoms with E-state index in [-0.39, 0.29) is 5.92 Å². The summed E-state index contributed by atoms with van der Waals surface area (Å²) in [5.74, 6) is 1.60. The fourth-order valence-corrected chi connectivity index (χ4v) is 2.89. The Labute approximate surface area is 129 Å². The lowest BCUT2D eigenvalue weighted by Crippen LogP contribution is -2.36. The fourth-order valence-electron chi connectivity index (χ4n) is 2.89. The third-order valence-electron chi connectivity index (χ3n) is 4.23. The van der Waals surface area contributed by atoms with Gasteiger partial charge in [-0.05, 0) is 30.7 Å². The van der Waals surface area contributed by atoms with Crippen LogP contribution >= 0.6 is 0 Å². The Morgan fingerprint density at radius 1 is 1.00 bits per heavy atom. The largest absolute Gasteiger partial charge is 0.381 e. The van der Waals surface area contributed by atoms with Gasteiger partial charge in [-0.2, -0.15) is 4.98 Å². The Morgan fingerprint density at radius 2 is 1.82 bits per heavy atom. The highest BCUT2D eigenvalue weighted by molar-refractivity contribution is 5.59. The van der Waals surface area contributed by atoms with Gasteiger partial charge in [-0.3, -0.25) is 0 Å². The van der Waals surface area contributed by atoms with E-state index < -0.39 is 0 Å². The quantitative estimate of drug-likeness (QED) is 0.865. The lowest BCUT2D eigenvalue weighted by molar-refractivity contribution is 0.122. The van der Waals surface area contributed by atoms with Crippen molar-refractivity contribution >= 4 is 5.69 Å². The molecule has 6 heteroatoms. The summed E-state index contributed by atoms with van der Waals surface area (Å²) in [6.45, 7) is 4.92. The zero-order valence-corrected chi connectivity index (χ0v) is 12.4. The molecule has 1 aromatic carbocycles. The third-order valence-corrected chi connectivity index (χ3v) is 4.23. The molecule has 1 aromatic heterocycles. The van der Waals surface area contributed by atoms with Gasteiger partial charge in [0.1, 0.15) is 0 Å². The number of hydrogen-bond acceptors (Lipinski definition) is 6. The zero-order valence-electron chi connectivity index (χ0n) is 12.4. The van der Waals surface area contributed by atoms with Gasteiger partial charge in [0.05, 0.1) is 19.8 Å². The molecule has 2 fully saturated rings. The Kier molecular flexibility index (Phi) is 3.78. The Morgan fingerprint density at radius 3 is 2.55 bits per heavy atom. The molecule has 1 unspecified atom stereocenters. The van der Waals surface area contributed by atoms with E-state index in [1.807, 2.05) is 12.1 Å². The van der Waals surface area contributed by atoms with Gasteiger partial charge in [0, 0.05) is 36.9 Å². The lowest BCUT2D eigenvalue weighted by atomic mass is 10.1. The molecule has 6 nitrogen and oxygen atoms in total. The average molecular weight is 301 g/mol. The van der Waals surface area contributed by atoms with Crippen LogP contribution in [0.1, 0.15) is 18.2 Å². The van der Waals surface area contributed by atoms with Crippen molar-refractivity contribution < 1.29 is 14.0 Å². The van der Waals surface area contributed by atoms with Crippen LogP contribution in [-0.2, 0) is 9.47 Å². The van der Waals surface area contributed by atoms with Crippen molar-refractivity contribution in [3.8, 4) is 11.5 Å². The molecule has 2 aliphatic rings. The van der Waals surface area contributed by atoms with Gasteiger partial charge in [0.25, 0.3) is 5.89 Å². The van der Waals surface area contributed by atoms with Gasteiger partial charge in [-0.1, -0.05) is 5.16 Å². The first kappa shape index (κ1) is 13.7. The van der Waals surface area contributed by atoms with Gasteiger partial charge >= 0.3 is 0 Å². The summed E-state index contributed by atoms with van der Waals surface area (Å²) in [4.78, 5) is 6.84. The Hall–Kier alpha value is -1.92. The fraction of sp³-hybridized carbons (Fsp3) is 0.500. The molecule has 2 aromatic rings. The van der Waals surface area contributed by atoms with E-state index in [2.05, 4.69) is 27.2 Å². The van der Waals surface area contributed by atoms with E-state index in [1.54, 1.807) is 0 Å². The SMILES string of the molecule is c1cc(N2CCOCC2)ccc1-c1nc(C2CCOC2)no1. The van der Waals surface area contributed by atoms with E-state index in [0.29, 0.717) is 12.5 Å². The Bertz CT molecular complexity index is 614. The molecule has 116 valence electrons. The zero-order chi connectivity index (χ0) is 14.8. The van der Waals surface area contributed by atoms with Gasteiger partial charge < -0.3 is 18.9 Å². The summed E-state index contributed by atoms with van der Waals surface area (Å²) < 4.78 is 16.2. The monoisotopic (exact) mass is 301 g/mol. The van der Waals surface area contributed by atoms with Crippen molar-refractivity contribution in [1.29, 1.82) is 0 Å². The predicted molar refractivity (Wildman–Crippen MR) is 80.9 cm³/mol. The maximum absolute atomic E-state index is 5.40. The standard InChI is InChI=1S/C16H19N3O3/c1-3-14(19-6-9-20-10-7-19)4-2-12(1)16-17-15(18-22-16)13-5-8-21-11-13/h1-4,13H,5-11H2. The van der Waals surface area contributed by atoms with E-state index >= 15 is 0 Å².